The predicted octanol–water partition coefficient (Wildman–Crippen LogP) is 3.97. The standard InChI is InChI=1S/C18H13N3O6S/c22-20(23)15-9-11-16(12-10-15)28(26,27)19-14-7-5-13(6-8-14)17-3-1-2-4-18(17)21(24)25/h1-12,19H. The van der Waals surface area contributed by atoms with Crippen LogP contribution in [-0.4, -0.2) is 18.3 Å². The van der Waals surface area contributed by atoms with Crippen molar-refractivity contribution in [3.05, 3.63) is 93.0 Å². The van der Waals surface area contributed by atoms with Gasteiger partial charge >= 0.3 is 0 Å². The van der Waals surface area contributed by atoms with Crippen molar-refractivity contribution < 1.29 is 18.3 Å². The van der Waals surface area contributed by atoms with Gasteiger partial charge in [0.2, 0.25) is 0 Å². The zero-order chi connectivity index (χ0) is 20.3. The van der Waals surface area contributed by atoms with Gasteiger partial charge in [-0.15, -0.1) is 0 Å². The molecule has 0 aromatic heterocycles. The Balaban J connectivity index is 1.84. The Morgan fingerprint density at radius 1 is 0.750 bits per heavy atom. The number of nitro benzene ring substituents is 2. The van der Waals surface area contributed by atoms with E-state index in [2.05, 4.69) is 4.72 Å². The number of nitrogens with zero attached hydrogens (tertiary/aromatic N) is 2. The van der Waals surface area contributed by atoms with Gasteiger partial charge in [-0.1, -0.05) is 24.3 Å². The van der Waals surface area contributed by atoms with Gasteiger partial charge in [0.1, 0.15) is 0 Å². The van der Waals surface area contributed by atoms with Crippen molar-refractivity contribution >= 4 is 27.1 Å². The molecule has 3 aromatic rings. The first-order valence-electron chi connectivity index (χ1n) is 7.89. The van der Waals surface area contributed by atoms with Crippen molar-refractivity contribution in [3.63, 3.8) is 0 Å². The van der Waals surface area contributed by atoms with E-state index in [0.29, 0.717) is 11.1 Å². The fourth-order valence-electron chi connectivity index (χ4n) is 2.56. The van der Waals surface area contributed by atoms with Gasteiger partial charge in [0.15, 0.2) is 0 Å². The molecule has 0 heterocycles. The third-order valence-electron chi connectivity index (χ3n) is 3.91. The van der Waals surface area contributed by atoms with Gasteiger partial charge in [-0.3, -0.25) is 25.0 Å². The van der Waals surface area contributed by atoms with E-state index in [1.54, 1.807) is 30.3 Å². The average molecular weight is 399 g/mol. The Kier molecular flexibility index (Phi) is 5.05. The molecule has 3 rings (SSSR count). The Bertz CT molecular complexity index is 1140. The van der Waals surface area contributed by atoms with Crippen LogP contribution >= 0.6 is 0 Å². The van der Waals surface area contributed by atoms with Crippen molar-refractivity contribution in [2.45, 2.75) is 4.90 Å². The monoisotopic (exact) mass is 399 g/mol. The number of nitro groups is 2. The van der Waals surface area contributed by atoms with Crippen LogP contribution in [0.2, 0.25) is 0 Å². The summed E-state index contributed by atoms with van der Waals surface area (Å²) in [6, 6.07) is 16.8. The molecule has 0 saturated carbocycles. The van der Waals surface area contributed by atoms with Gasteiger partial charge in [-0.25, -0.2) is 8.42 Å². The first-order chi connectivity index (χ1) is 13.3. The van der Waals surface area contributed by atoms with Gasteiger partial charge < -0.3 is 0 Å². The average Bonchev–Trinajstić information content (AvgIpc) is 2.68. The van der Waals surface area contributed by atoms with Gasteiger partial charge in [-0.2, -0.15) is 0 Å². The number of para-hydroxylation sites is 1. The number of sulfonamides is 1. The first-order valence-corrected chi connectivity index (χ1v) is 9.37. The van der Waals surface area contributed by atoms with E-state index in [1.807, 2.05) is 0 Å². The second kappa shape index (κ2) is 7.45. The van der Waals surface area contributed by atoms with Crippen LogP contribution in [0, 0.1) is 20.2 Å². The van der Waals surface area contributed by atoms with E-state index in [1.165, 1.54) is 18.2 Å². The minimum absolute atomic E-state index is 0.0540. The van der Waals surface area contributed by atoms with Crippen LogP contribution in [0.1, 0.15) is 0 Å². The molecule has 0 amide bonds. The molecule has 0 bridgehead atoms. The van der Waals surface area contributed by atoms with Crippen molar-refractivity contribution in [3.8, 4) is 11.1 Å². The summed E-state index contributed by atoms with van der Waals surface area (Å²) in [6.07, 6.45) is 0. The maximum atomic E-state index is 12.4. The molecular formula is C18H13N3O6S. The highest BCUT2D eigenvalue weighted by Crippen LogP contribution is 2.30. The zero-order valence-corrected chi connectivity index (χ0v) is 15.0. The van der Waals surface area contributed by atoms with E-state index in [4.69, 9.17) is 0 Å². The van der Waals surface area contributed by atoms with E-state index >= 15 is 0 Å². The third kappa shape index (κ3) is 3.96. The molecule has 0 aliphatic carbocycles. The quantitative estimate of drug-likeness (QED) is 0.492. The zero-order valence-electron chi connectivity index (χ0n) is 14.2. The minimum atomic E-state index is -3.94. The summed E-state index contributed by atoms with van der Waals surface area (Å²) >= 11 is 0. The Morgan fingerprint density at radius 2 is 1.36 bits per heavy atom. The van der Waals surface area contributed by atoms with E-state index in [-0.39, 0.29) is 22.0 Å². The lowest BCUT2D eigenvalue weighted by molar-refractivity contribution is -0.384. The van der Waals surface area contributed by atoms with Crippen molar-refractivity contribution in [2.24, 2.45) is 0 Å². The molecule has 0 atom stereocenters. The molecule has 0 unspecified atom stereocenters. The molecule has 0 fully saturated rings. The van der Waals surface area contributed by atoms with Crippen LogP contribution in [0.15, 0.2) is 77.7 Å². The fraction of sp³-hybridized carbons (Fsp3) is 0. The van der Waals surface area contributed by atoms with Crippen LogP contribution in [0.3, 0.4) is 0 Å². The minimum Gasteiger partial charge on any atom is -0.280 e. The second-order valence-electron chi connectivity index (χ2n) is 5.71. The van der Waals surface area contributed by atoms with Crippen LogP contribution in [0.25, 0.3) is 11.1 Å². The number of hydrogen-bond donors (Lipinski definition) is 1. The van der Waals surface area contributed by atoms with Gasteiger partial charge in [0, 0.05) is 23.9 Å². The second-order valence-corrected chi connectivity index (χ2v) is 7.39. The summed E-state index contributed by atoms with van der Waals surface area (Å²) in [4.78, 5) is 20.6. The number of non-ortho nitro benzene ring substituents is 1. The Hall–Kier alpha value is -3.79. The molecule has 1 N–H and O–H groups in total. The van der Waals surface area contributed by atoms with Crippen LogP contribution in [0.5, 0.6) is 0 Å². The maximum absolute atomic E-state index is 12.4. The SMILES string of the molecule is O=[N+]([O-])c1ccc(S(=O)(=O)Nc2ccc(-c3ccccc3[N+](=O)[O-])cc2)cc1. The van der Waals surface area contributed by atoms with Crippen molar-refractivity contribution in [1.29, 1.82) is 0 Å². The summed E-state index contributed by atoms with van der Waals surface area (Å²) in [5.41, 5.74) is 0.956. The number of hydrogen-bond acceptors (Lipinski definition) is 6. The largest absolute Gasteiger partial charge is 0.280 e. The van der Waals surface area contributed by atoms with Gasteiger partial charge in [-0.05, 0) is 35.9 Å². The number of nitrogens with one attached hydrogen (secondary N) is 1. The smallest absolute Gasteiger partial charge is 0.277 e. The number of benzene rings is 3. The van der Waals surface area contributed by atoms with E-state index in [9.17, 15) is 28.6 Å². The van der Waals surface area contributed by atoms with E-state index in [0.717, 1.165) is 24.3 Å². The lowest BCUT2D eigenvalue weighted by atomic mass is 10.0. The molecule has 3 aromatic carbocycles. The van der Waals surface area contributed by atoms with Crippen molar-refractivity contribution in [2.75, 3.05) is 4.72 Å². The molecule has 0 aliphatic rings. The highest BCUT2D eigenvalue weighted by molar-refractivity contribution is 7.92. The van der Waals surface area contributed by atoms with Crippen molar-refractivity contribution in [1.82, 2.24) is 0 Å². The predicted molar refractivity (Wildman–Crippen MR) is 102 cm³/mol. The highest BCUT2D eigenvalue weighted by atomic mass is 32.2. The molecule has 142 valence electrons. The van der Waals surface area contributed by atoms with Gasteiger partial charge in [0.25, 0.3) is 21.4 Å². The molecule has 0 spiro atoms. The molecule has 0 saturated heterocycles. The topological polar surface area (TPSA) is 132 Å². The lowest BCUT2D eigenvalue weighted by Crippen LogP contribution is -2.12. The molecule has 0 aliphatic heterocycles. The molecule has 0 radical (unpaired) electrons. The van der Waals surface area contributed by atoms with Gasteiger partial charge in [0.05, 0.1) is 20.3 Å². The number of rotatable bonds is 6. The summed E-state index contributed by atoms with van der Waals surface area (Å²) in [5.74, 6) is 0. The summed E-state index contributed by atoms with van der Waals surface area (Å²) in [6.45, 7) is 0. The Morgan fingerprint density at radius 3 is 1.93 bits per heavy atom. The van der Waals surface area contributed by atoms with Crippen LogP contribution in [0.4, 0.5) is 17.1 Å². The maximum Gasteiger partial charge on any atom is 0.277 e. The summed E-state index contributed by atoms with van der Waals surface area (Å²) in [7, 11) is -3.94. The Labute approximate surface area is 159 Å². The third-order valence-corrected chi connectivity index (χ3v) is 5.30. The molecule has 28 heavy (non-hydrogen) atoms. The summed E-state index contributed by atoms with van der Waals surface area (Å²) in [5, 5.41) is 21.8. The summed E-state index contributed by atoms with van der Waals surface area (Å²) < 4.78 is 27.2. The lowest BCUT2D eigenvalue weighted by Gasteiger charge is -2.09. The van der Waals surface area contributed by atoms with E-state index < -0.39 is 19.9 Å². The first kappa shape index (κ1) is 19.0. The molecule has 9 nitrogen and oxygen atoms in total. The molecule has 10 heteroatoms. The fourth-order valence-corrected chi connectivity index (χ4v) is 3.61. The van der Waals surface area contributed by atoms with Crippen LogP contribution in [-0.2, 0) is 10.0 Å². The molecular weight excluding hydrogens is 386 g/mol. The normalized spacial score (nSPS) is 11.0. The number of anilines is 1. The highest BCUT2D eigenvalue weighted by Gasteiger charge is 2.17. The van der Waals surface area contributed by atoms with Crippen LogP contribution < -0.4 is 4.72 Å².